The maximum atomic E-state index is 12.9. The van der Waals surface area contributed by atoms with Crippen molar-refractivity contribution in [3.05, 3.63) is 24.0 Å². The molecule has 0 aliphatic heterocycles. The van der Waals surface area contributed by atoms with Gasteiger partial charge in [-0.05, 0) is 32.1 Å². The van der Waals surface area contributed by atoms with Crippen molar-refractivity contribution in [1.82, 2.24) is 5.32 Å². The highest BCUT2D eigenvalue weighted by molar-refractivity contribution is 5.92. The van der Waals surface area contributed by atoms with Crippen molar-refractivity contribution in [2.75, 3.05) is 18.9 Å². The summed E-state index contributed by atoms with van der Waals surface area (Å²) in [5.41, 5.74) is 0.0242. The molecule has 2 N–H and O–H groups in total. The van der Waals surface area contributed by atoms with Crippen molar-refractivity contribution in [1.29, 1.82) is 0 Å². The van der Waals surface area contributed by atoms with E-state index in [0.29, 0.717) is 13.0 Å². The Morgan fingerprint density at radius 2 is 2.10 bits per heavy atom. The predicted molar refractivity (Wildman–Crippen MR) is 72.1 cm³/mol. The molecule has 1 amide bonds. The lowest BCUT2D eigenvalue weighted by Crippen LogP contribution is -2.16. The highest BCUT2D eigenvalue weighted by Gasteiger charge is 2.13. The number of benzene rings is 1. The molecule has 4 nitrogen and oxygen atoms in total. The molecule has 0 unspecified atom stereocenters. The van der Waals surface area contributed by atoms with Crippen LogP contribution in [0.5, 0.6) is 5.75 Å². The number of hydrogen-bond donors (Lipinski definition) is 2. The van der Waals surface area contributed by atoms with E-state index in [1.807, 2.05) is 0 Å². The van der Waals surface area contributed by atoms with Gasteiger partial charge < -0.3 is 15.4 Å². The van der Waals surface area contributed by atoms with Crippen molar-refractivity contribution in [3.8, 4) is 5.75 Å². The van der Waals surface area contributed by atoms with Crippen LogP contribution in [0.15, 0.2) is 18.2 Å². The van der Waals surface area contributed by atoms with Gasteiger partial charge in [0, 0.05) is 12.5 Å². The van der Waals surface area contributed by atoms with Crippen molar-refractivity contribution < 1.29 is 22.7 Å². The normalized spacial score (nSPS) is 10.1. The van der Waals surface area contributed by atoms with Crippen LogP contribution in [0.25, 0.3) is 0 Å². The molecule has 20 heavy (non-hydrogen) atoms. The Hall–Kier alpha value is -1.47. The second-order valence-electron chi connectivity index (χ2n) is 3.77. The summed E-state index contributed by atoms with van der Waals surface area (Å²) >= 11 is 0. The summed E-state index contributed by atoms with van der Waals surface area (Å²) in [6.07, 6.45) is 0.834. The summed E-state index contributed by atoms with van der Waals surface area (Å²) in [6.45, 7) is -2.42. The number of amides is 1. The van der Waals surface area contributed by atoms with E-state index >= 15 is 0 Å². The molecule has 0 fully saturated rings. The van der Waals surface area contributed by atoms with E-state index in [1.165, 1.54) is 6.07 Å². The van der Waals surface area contributed by atoms with E-state index in [4.69, 9.17) is 0 Å². The fourth-order valence-corrected chi connectivity index (χ4v) is 1.43. The lowest BCUT2D eigenvalue weighted by Gasteiger charge is -2.12. The number of anilines is 1. The second kappa shape index (κ2) is 9.44. The predicted octanol–water partition coefficient (Wildman–Crippen LogP) is 2.79. The van der Waals surface area contributed by atoms with Gasteiger partial charge in [0.25, 0.3) is 0 Å². The van der Waals surface area contributed by atoms with Gasteiger partial charge in [-0.15, -0.1) is 12.4 Å². The van der Waals surface area contributed by atoms with E-state index in [9.17, 15) is 18.0 Å². The number of alkyl halides is 2. The minimum Gasteiger partial charge on any atom is -0.432 e. The second-order valence-corrected chi connectivity index (χ2v) is 3.77. The Bertz CT molecular complexity index is 433. The lowest BCUT2D eigenvalue weighted by molar-refractivity contribution is -0.116. The van der Waals surface area contributed by atoms with Crippen LogP contribution in [-0.2, 0) is 4.79 Å². The van der Waals surface area contributed by atoms with Crippen LogP contribution in [-0.4, -0.2) is 26.1 Å². The molecule has 0 saturated heterocycles. The van der Waals surface area contributed by atoms with Crippen molar-refractivity contribution >= 4 is 24.0 Å². The van der Waals surface area contributed by atoms with Crippen molar-refractivity contribution in [2.24, 2.45) is 0 Å². The van der Waals surface area contributed by atoms with Crippen LogP contribution in [0.3, 0.4) is 0 Å². The van der Waals surface area contributed by atoms with E-state index in [-0.39, 0.29) is 30.4 Å². The average molecular weight is 313 g/mol. The number of nitrogens with one attached hydrogen (secondary N) is 2. The summed E-state index contributed by atoms with van der Waals surface area (Å²) in [4.78, 5) is 11.5. The molecular weight excluding hydrogens is 297 g/mol. The van der Waals surface area contributed by atoms with Gasteiger partial charge in [-0.2, -0.15) is 8.78 Å². The number of halogens is 4. The number of rotatable bonds is 7. The first kappa shape index (κ1) is 18.5. The molecule has 0 atom stereocenters. The van der Waals surface area contributed by atoms with Gasteiger partial charge in [-0.1, -0.05) is 0 Å². The van der Waals surface area contributed by atoms with Crippen LogP contribution >= 0.6 is 12.4 Å². The number of carbonyl (C=O) groups excluding carboxylic acids is 1. The standard InChI is InChI=1S/C12H15F3N2O2.ClH/c1-16-6-2-3-11(18)17-9-5-4-8(13)7-10(9)19-12(14)15;/h4-5,7,12,16H,2-3,6H2,1H3,(H,17,18);1H. The molecule has 1 aromatic rings. The van der Waals surface area contributed by atoms with Crippen LogP contribution in [0.2, 0.25) is 0 Å². The zero-order chi connectivity index (χ0) is 14.3. The molecule has 0 radical (unpaired) electrons. The van der Waals surface area contributed by atoms with Gasteiger partial charge in [-0.25, -0.2) is 4.39 Å². The summed E-state index contributed by atoms with van der Waals surface area (Å²) in [6, 6.07) is 3.04. The molecule has 0 bridgehead atoms. The molecule has 0 aliphatic rings. The van der Waals surface area contributed by atoms with E-state index in [2.05, 4.69) is 15.4 Å². The molecule has 0 saturated carbocycles. The zero-order valence-electron chi connectivity index (χ0n) is 10.8. The Labute approximate surface area is 121 Å². The van der Waals surface area contributed by atoms with E-state index in [1.54, 1.807) is 7.05 Å². The highest BCUT2D eigenvalue weighted by atomic mass is 35.5. The average Bonchev–Trinajstić information content (AvgIpc) is 2.32. The summed E-state index contributed by atoms with van der Waals surface area (Å²) in [5, 5.41) is 5.29. The fraction of sp³-hybridized carbons (Fsp3) is 0.417. The Morgan fingerprint density at radius 1 is 1.40 bits per heavy atom. The van der Waals surface area contributed by atoms with Crippen LogP contribution in [0.4, 0.5) is 18.9 Å². The third-order valence-electron chi connectivity index (χ3n) is 2.26. The molecule has 0 aliphatic carbocycles. The third kappa shape index (κ3) is 6.63. The first-order valence-corrected chi connectivity index (χ1v) is 5.71. The maximum Gasteiger partial charge on any atom is 0.387 e. The quantitative estimate of drug-likeness (QED) is 0.761. The lowest BCUT2D eigenvalue weighted by atomic mass is 10.2. The smallest absolute Gasteiger partial charge is 0.387 e. The number of ether oxygens (including phenoxy) is 1. The number of hydrogen-bond acceptors (Lipinski definition) is 3. The highest BCUT2D eigenvalue weighted by Crippen LogP contribution is 2.27. The molecule has 0 heterocycles. The molecule has 114 valence electrons. The van der Waals surface area contributed by atoms with Crippen molar-refractivity contribution in [2.45, 2.75) is 19.5 Å². The maximum absolute atomic E-state index is 12.9. The van der Waals surface area contributed by atoms with Gasteiger partial charge >= 0.3 is 6.61 Å². The minimum absolute atomic E-state index is 0. The number of carbonyl (C=O) groups is 1. The van der Waals surface area contributed by atoms with Gasteiger partial charge in [0.2, 0.25) is 5.91 Å². The van der Waals surface area contributed by atoms with Crippen LogP contribution < -0.4 is 15.4 Å². The topological polar surface area (TPSA) is 50.4 Å². The molecule has 0 spiro atoms. The fourth-order valence-electron chi connectivity index (χ4n) is 1.43. The summed E-state index contributed by atoms with van der Waals surface area (Å²) < 4.78 is 41.4. The Kier molecular flexibility index (Phi) is 8.74. The van der Waals surface area contributed by atoms with Gasteiger partial charge in [0.05, 0.1) is 5.69 Å². The summed E-state index contributed by atoms with van der Waals surface area (Å²) in [5.74, 6) is -1.46. The van der Waals surface area contributed by atoms with Crippen LogP contribution in [0, 0.1) is 5.82 Å². The first-order valence-electron chi connectivity index (χ1n) is 5.71. The van der Waals surface area contributed by atoms with Gasteiger partial charge in [0.15, 0.2) is 5.75 Å². The summed E-state index contributed by atoms with van der Waals surface area (Å²) in [7, 11) is 1.76. The third-order valence-corrected chi connectivity index (χ3v) is 2.26. The van der Waals surface area contributed by atoms with Gasteiger partial charge in [-0.3, -0.25) is 4.79 Å². The van der Waals surface area contributed by atoms with Crippen LogP contribution in [0.1, 0.15) is 12.8 Å². The van der Waals surface area contributed by atoms with E-state index < -0.39 is 18.2 Å². The zero-order valence-corrected chi connectivity index (χ0v) is 11.6. The molecule has 1 aromatic carbocycles. The monoisotopic (exact) mass is 312 g/mol. The molecular formula is C12H16ClF3N2O2. The molecule has 1 rings (SSSR count). The van der Waals surface area contributed by atoms with Gasteiger partial charge in [0.1, 0.15) is 5.82 Å². The molecule has 0 aromatic heterocycles. The molecule has 8 heteroatoms. The van der Waals surface area contributed by atoms with E-state index in [0.717, 1.165) is 12.1 Å². The van der Waals surface area contributed by atoms with Crippen molar-refractivity contribution in [3.63, 3.8) is 0 Å². The Morgan fingerprint density at radius 3 is 2.70 bits per heavy atom. The minimum atomic E-state index is -3.08. The first-order chi connectivity index (χ1) is 9.02. The largest absolute Gasteiger partial charge is 0.432 e. The Balaban J connectivity index is 0.00000361. The SMILES string of the molecule is CNCCCC(=O)Nc1ccc(F)cc1OC(F)F.Cl.